The van der Waals surface area contributed by atoms with E-state index in [-0.39, 0.29) is 5.69 Å². The van der Waals surface area contributed by atoms with Gasteiger partial charge in [-0.2, -0.15) is 0 Å². The second-order valence-electron chi connectivity index (χ2n) is 8.57. The summed E-state index contributed by atoms with van der Waals surface area (Å²) in [4.78, 5) is 10.2. The van der Waals surface area contributed by atoms with Gasteiger partial charge in [0.2, 0.25) is 0 Å². The average Bonchev–Trinajstić information content (AvgIpc) is 2.86. The highest BCUT2D eigenvalue weighted by atomic mass is 16.6. The van der Waals surface area contributed by atoms with E-state index in [1.54, 1.807) is 12.1 Å². The quantitative estimate of drug-likeness (QED) is 0.117. The molecule has 0 radical (unpaired) electrons. The van der Waals surface area contributed by atoms with Gasteiger partial charge in [0.1, 0.15) is 5.75 Å². The summed E-state index contributed by atoms with van der Waals surface area (Å²) >= 11 is 0. The normalized spacial score (nSPS) is 10.0. The van der Waals surface area contributed by atoms with Crippen LogP contribution in [0.4, 0.5) is 5.69 Å². The molecule has 0 spiro atoms. The second kappa shape index (κ2) is 17.3. The van der Waals surface area contributed by atoms with Crippen LogP contribution in [-0.4, -0.2) is 11.5 Å². The Kier molecular flexibility index (Phi) is 13.7. The van der Waals surface area contributed by atoms with Gasteiger partial charge in [-0.3, -0.25) is 10.1 Å². The topological polar surface area (TPSA) is 52.4 Å². The first-order valence-corrected chi connectivity index (χ1v) is 12.7. The van der Waals surface area contributed by atoms with Gasteiger partial charge in [-0.25, -0.2) is 0 Å². The molecule has 0 bridgehead atoms. The number of ether oxygens (including phenoxy) is 1. The molecule has 0 aliphatic carbocycles. The molecule has 0 saturated heterocycles. The second-order valence-corrected chi connectivity index (χ2v) is 8.57. The number of rotatable bonds is 15. The van der Waals surface area contributed by atoms with E-state index in [2.05, 4.69) is 30.6 Å². The van der Waals surface area contributed by atoms with Crippen LogP contribution < -0.4 is 4.74 Å². The van der Waals surface area contributed by atoms with E-state index in [9.17, 15) is 10.1 Å². The largest absolute Gasteiger partial charge is 0.494 e. The average molecular weight is 460 g/mol. The Hall–Kier alpha value is -3.24. The van der Waals surface area contributed by atoms with Crippen LogP contribution in [0.15, 0.2) is 48.5 Å². The van der Waals surface area contributed by atoms with E-state index >= 15 is 0 Å². The molecule has 0 aliphatic heterocycles. The highest BCUT2D eigenvalue weighted by Crippen LogP contribution is 2.14. The van der Waals surface area contributed by atoms with Gasteiger partial charge in [-0.1, -0.05) is 89.4 Å². The molecule has 34 heavy (non-hydrogen) atoms. The molecule has 0 atom stereocenters. The van der Waals surface area contributed by atoms with Gasteiger partial charge in [0.15, 0.2) is 0 Å². The zero-order valence-electron chi connectivity index (χ0n) is 20.5. The van der Waals surface area contributed by atoms with Crippen LogP contribution in [-0.2, 0) is 0 Å². The van der Waals surface area contributed by atoms with E-state index in [0.29, 0.717) is 5.56 Å². The molecule has 0 N–H and O–H groups in total. The summed E-state index contributed by atoms with van der Waals surface area (Å²) in [6.07, 6.45) is 16.1. The molecule has 2 aromatic rings. The first kappa shape index (κ1) is 27.0. The van der Waals surface area contributed by atoms with Gasteiger partial charge < -0.3 is 4.74 Å². The van der Waals surface area contributed by atoms with Crippen LogP contribution in [0.5, 0.6) is 5.75 Å². The smallest absolute Gasteiger partial charge is 0.269 e. The lowest BCUT2D eigenvalue weighted by molar-refractivity contribution is -0.384. The predicted molar refractivity (Wildman–Crippen MR) is 140 cm³/mol. The van der Waals surface area contributed by atoms with Gasteiger partial charge in [-0.15, -0.1) is 0 Å². The molecular weight excluding hydrogens is 422 g/mol. The molecule has 4 nitrogen and oxygen atoms in total. The van der Waals surface area contributed by atoms with Crippen molar-refractivity contribution in [2.45, 2.75) is 84.0 Å². The lowest BCUT2D eigenvalue weighted by Crippen LogP contribution is -1.97. The summed E-state index contributed by atoms with van der Waals surface area (Å²) in [6.45, 7) is 3.02. The van der Waals surface area contributed by atoms with Crippen LogP contribution in [0, 0.1) is 33.8 Å². The molecule has 0 heterocycles. The minimum Gasteiger partial charge on any atom is -0.494 e. The van der Waals surface area contributed by atoms with Crippen molar-refractivity contribution in [1.82, 2.24) is 0 Å². The number of unbranched alkanes of at least 4 members (excludes halogenated alkanes) is 11. The Labute approximate surface area is 205 Å². The van der Waals surface area contributed by atoms with E-state index < -0.39 is 4.92 Å². The Morgan fingerprint density at radius 3 is 1.59 bits per heavy atom. The molecule has 0 amide bonds. The maximum Gasteiger partial charge on any atom is 0.269 e. The zero-order valence-corrected chi connectivity index (χ0v) is 20.5. The lowest BCUT2D eigenvalue weighted by atomic mass is 10.1. The molecule has 180 valence electrons. The van der Waals surface area contributed by atoms with Crippen molar-refractivity contribution in [3.05, 3.63) is 69.8 Å². The maximum atomic E-state index is 10.7. The van der Waals surface area contributed by atoms with Gasteiger partial charge in [0.25, 0.3) is 5.69 Å². The summed E-state index contributed by atoms with van der Waals surface area (Å²) < 4.78 is 5.84. The Bertz CT molecular complexity index is 957. The highest BCUT2D eigenvalue weighted by molar-refractivity contribution is 5.47. The fraction of sp³-hybridized carbons (Fsp3) is 0.467. The highest BCUT2D eigenvalue weighted by Gasteiger charge is 2.02. The summed E-state index contributed by atoms with van der Waals surface area (Å²) in [5, 5.41) is 10.7. The summed E-state index contributed by atoms with van der Waals surface area (Å²) in [5.74, 6) is 12.4. The van der Waals surface area contributed by atoms with Crippen LogP contribution >= 0.6 is 0 Å². The number of non-ortho nitro benzene ring substituents is 1. The fourth-order valence-corrected chi connectivity index (χ4v) is 3.64. The van der Waals surface area contributed by atoms with E-state index in [1.165, 1.54) is 82.8 Å². The molecular formula is C30H37NO3. The van der Waals surface area contributed by atoms with Crippen molar-refractivity contribution < 1.29 is 9.66 Å². The standard InChI is InChI=1S/C30H37NO3/c1-2-3-4-5-6-7-8-9-10-11-12-15-26-34-30-24-20-28(21-25-30)17-14-13-16-27-18-22-29(23-19-27)31(32)33/h18-25H,2-12,15,26H2,1H3. The number of nitro benzene ring substituents is 1. The van der Waals surface area contributed by atoms with Crippen molar-refractivity contribution in [1.29, 1.82) is 0 Å². The molecule has 4 heteroatoms. The van der Waals surface area contributed by atoms with Gasteiger partial charge in [-0.05, 0) is 54.7 Å². The van der Waals surface area contributed by atoms with Crippen LogP contribution in [0.25, 0.3) is 0 Å². The molecule has 0 fully saturated rings. The van der Waals surface area contributed by atoms with Gasteiger partial charge >= 0.3 is 0 Å². The van der Waals surface area contributed by atoms with Crippen LogP contribution in [0.1, 0.15) is 95.1 Å². The predicted octanol–water partition coefficient (Wildman–Crippen LogP) is 8.08. The van der Waals surface area contributed by atoms with E-state index in [1.807, 2.05) is 24.3 Å². The molecule has 0 unspecified atom stereocenters. The van der Waals surface area contributed by atoms with Crippen molar-refractivity contribution in [3.63, 3.8) is 0 Å². The van der Waals surface area contributed by atoms with E-state index in [4.69, 9.17) is 4.74 Å². The first-order valence-electron chi connectivity index (χ1n) is 12.7. The van der Waals surface area contributed by atoms with Gasteiger partial charge in [0, 0.05) is 23.3 Å². The third kappa shape index (κ3) is 12.1. The molecule has 2 rings (SSSR count). The number of nitro groups is 1. The van der Waals surface area contributed by atoms with Crippen molar-refractivity contribution >= 4 is 5.69 Å². The zero-order chi connectivity index (χ0) is 24.3. The minimum atomic E-state index is -0.427. The Balaban J connectivity index is 1.55. The van der Waals surface area contributed by atoms with Crippen molar-refractivity contribution in [2.24, 2.45) is 0 Å². The Morgan fingerprint density at radius 1 is 0.676 bits per heavy atom. The van der Waals surface area contributed by atoms with Crippen LogP contribution in [0.2, 0.25) is 0 Å². The number of benzene rings is 2. The van der Waals surface area contributed by atoms with Gasteiger partial charge in [0.05, 0.1) is 11.5 Å². The molecule has 0 saturated carbocycles. The Morgan fingerprint density at radius 2 is 1.12 bits per heavy atom. The first-order chi connectivity index (χ1) is 16.7. The SMILES string of the molecule is CCCCCCCCCCCCCCOc1ccc(C#CC#Cc2ccc([N+](=O)[O-])cc2)cc1. The molecule has 0 aromatic heterocycles. The monoisotopic (exact) mass is 459 g/mol. The van der Waals surface area contributed by atoms with Crippen molar-refractivity contribution in [2.75, 3.05) is 6.61 Å². The minimum absolute atomic E-state index is 0.0535. The summed E-state index contributed by atoms with van der Waals surface area (Å²) in [7, 11) is 0. The third-order valence-electron chi connectivity index (χ3n) is 5.68. The van der Waals surface area contributed by atoms with E-state index in [0.717, 1.165) is 24.3 Å². The molecule has 0 aliphatic rings. The van der Waals surface area contributed by atoms with Crippen molar-refractivity contribution in [3.8, 4) is 29.4 Å². The lowest BCUT2D eigenvalue weighted by Gasteiger charge is -2.06. The van der Waals surface area contributed by atoms with Crippen LogP contribution in [0.3, 0.4) is 0 Å². The summed E-state index contributed by atoms with van der Waals surface area (Å²) in [5.41, 5.74) is 1.62. The maximum absolute atomic E-state index is 10.7. The summed E-state index contributed by atoms with van der Waals surface area (Å²) in [6, 6.07) is 13.9. The fourth-order valence-electron chi connectivity index (χ4n) is 3.64. The number of hydrogen-bond acceptors (Lipinski definition) is 3. The molecule has 2 aromatic carbocycles. The number of hydrogen-bond donors (Lipinski definition) is 0. The third-order valence-corrected chi connectivity index (χ3v) is 5.68. The number of nitrogens with zero attached hydrogens (tertiary/aromatic N) is 1.